The number of benzene rings is 1. The Morgan fingerprint density at radius 3 is 2.64 bits per heavy atom. The standard InChI is InChI=1S/C15H13N5O2/c1-10-3-4-12(9-11(10)2)18-7-8-19-13(14(18)21)17-20(6-5-16)15(19)22/h3-4,7-9H,6H2,1-2H3. The van der Waals surface area contributed by atoms with E-state index >= 15 is 0 Å². The lowest BCUT2D eigenvalue weighted by molar-refractivity contribution is 0.679. The molecular formula is C15H13N5O2. The Kier molecular flexibility index (Phi) is 3.14. The maximum Gasteiger partial charge on any atom is 0.351 e. The highest BCUT2D eigenvalue weighted by molar-refractivity contribution is 5.43. The Hall–Kier alpha value is -3.14. The molecule has 0 amide bonds. The van der Waals surface area contributed by atoms with Gasteiger partial charge in [0.1, 0.15) is 6.54 Å². The van der Waals surface area contributed by atoms with Gasteiger partial charge in [0.15, 0.2) is 0 Å². The maximum absolute atomic E-state index is 12.5. The molecular weight excluding hydrogens is 282 g/mol. The Morgan fingerprint density at radius 2 is 1.95 bits per heavy atom. The van der Waals surface area contributed by atoms with E-state index in [1.54, 1.807) is 0 Å². The number of nitriles is 1. The first-order chi connectivity index (χ1) is 10.5. The number of hydrogen-bond acceptors (Lipinski definition) is 4. The fourth-order valence-corrected chi connectivity index (χ4v) is 2.26. The Bertz CT molecular complexity index is 1030. The highest BCUT2D eigenvalue weighted by Crippen LogP contribution is 2.12. The van der Waals surface area contributed by atoms with E-state index in [-0.39, 0.29) is 12.2 Å². The molecule has 0 bridgehead atoms. The highest BCUT2D eigenvalue weighted by atomic mass is 16.2. The van der Waals surface area contributed by atoms with Crippen molar-refractivity contribution >= 4 is 5.65 Å². The van der Waals surface area contributed by atoms with Crippen molar-refractivity contribution < 1.29 is 0 Å². The molecule has 0 radical (unpaired) electrons. The van der Waals surface area contributed by atoms with Gasteiger partial charge < -0.3 is 0 Å². The van der Waals surface area contributed by atoms with Crippen molar-refractivity contribution in [2.75, 3.05) is 0 Å². The van der Waals surface area contributed by atoms with Gasteiger partial charge in [-0.05, 0) is 37.1 Å². The summed E-state index contributed by atoms with van der Waals surface area (Å²) in [4.78, 5) is 24.5. The van der Waals surface area contributed by atoms with Gasteiger partial charge in [0.05, 0.1) is 6.07 Å². The average molecular weight is 295 g/mol. The number of fused-ring (bicyclic) bond motifs is 1. The van der Waals surface area contributed by atoms with Crippen molar-refractivity contribution in [3.8, 4) is 11.8 Å². The van der Waals surface area contributed by atoms with Gasteiger partial charge >= 0.3 is 11.2 Å². The fraction of sp³-hybridized carbons (Fsp3) is 0.200. The second-order valence-electron chi connectivity index (χ2n) is 5.03. The molecule has 1 aromatic carbocycles. The predicted octanol–water partition coefficient (Wildman–Crippen LogP) is 0.787. The summed E-state index contributed by atoms with van der Waals surface area (Å²) in [5.41, 5.74) is 2.00. The quantitative estimate of drug-likeness (QED) is 0.699. The minimum absolute atomic E-state index is 0.000906. The first-order valence-corrected chi connectivity index (χ1v) is 6.68. The molecule has 0 N–H and O–H groups in total. The van der Waals surface area contributed by atoms with Crippen molar-refractivity contribution in [3.63, 3.8) is 0 Å². The SMILES string of the molecule is Cc1ccc(-n2ccn3c(=O)n(CC#N)nc3c2=O)cc1C. The second kappa shape index (κ2) is 5.00. The molecule has 3 rings (SSSR count). The Morgan fingerprint density at radius 1 is 1.18 bits per heavy atom. The summed E-state index contributed by atoms with van der Waals surface area (Å²) in [7, 11) is 0. The van der Waals surface area contributed by atoms with E-state index < -0.39 is 11.2 Å². The van der Waals surface area contributed by atoms with Crippen molar-refractivity contribution in [3.05, 3.63) is 62.6 Å². The maximum atomic E-state index is 12.5. The summed E-state index contributed by atoms with van der Waals surface area (Å²) in [5, 5.41) is 12.6. The third-order valence-corrected chi connectivity index (χ3v) is 3.63. The highest BCUT2D eigenvalue weighted by Gasteiger charge is 2.12. The summed E-state index contributed by atoms with van der Waals surface area (Å²) < 4.78 is 3.56. The molecule has 0 saturated heterocycles. The molecule has 3 aromatic rings. The summed E-state index contributed by atoms with van der Waals surface area (Å²) >= 11 is 0. The topological polar surface area (TPSA) is 85.1 Å². The van der Waals surface area contributed by atoms with Crippen LogP contribution < -0.4 is 11.2 Å². The zero-order chi connectivity index (χ0) is 15.9. The molecule has 7 nitrogen and oxygen atoms in total. The molecule has 2 heterocycles. The Balaban J connectivity index is 2.27. The summed E-state index contributed by atoms with van der Waals surface area (Å²) in [5.74, 6) is 0. The van der Waals surface area contributed by atoms with Gasteiger partial charge in [0.2, 0.25) is 5.65 Å². The minimum Gasteiger partial charge on any atom is -0.280 e. The van der Waals surface area contributed by atoms with Crippen LogP contribution in [0.3, 0.4) is 0 Å². The van der Waals surface area contributed by atoms with Crippen LogP contribution in [0, 0.1) is 25.2 Å². The van der Waals surface area contributed by atoms with Crippen LogP contribution in [0.1, 0.15) is 11.1 Å². The largest absolute Gasteiger partial charge is 0.351 e. The van der Waals surface area contributed by atoms with Crippen molar-refractivity contribution in [1.29, 1.82) is 5.26 Å². The molecule has 7 heteroatoms. The predicted molar refractivity (Wildman–Crippen MR) is 80.1 cm³/mol. The van der Waals surface area contributed by atoms with Crippen molar-refractivity contribution in [2.24, 2.45) is 0 Å². The zero-order valence-corrected chi connectivity index (χ0v) is 12.1. The lowest BCUT2D eigenvalue weighted by Gasteiger charge is -2.08. The molecule has 22 heavy (non-hydrogen) atoms. The van der Waals surface area contributed by atoms with Crippen LogP contribution in [0.15, 0.2) is 40.2 Å². The first kappa shape index (κ1) is 13.8. The molecule has 0 aliphatic rings. The monoisotopic (exact) mass is 295 g/mol. The van der Waals surface area contributed by atoms with E-state index in [9.17, 15) is 9.59 Å². The number of aryl methyl sites for hydroxylation is 2. The first-order valence-electron chi connectivity index (χ1n) is 6.68. The van der Waals surface area contributed by atoms with Gasteiger partial charge in [-0.1, -0.05) is 6.07 Å². The summed E-state index contributed by atoms with van der Waals surface area (Å²) in [6, 6.07) is 7.51. The lowest BCUT2D eigenvalue weighted by atomic mass is 10.1. The van der Waals surface area contributed by atoms with E-state index in [0.717, 1.165) is 20.2 Å². The van der Waals surface area contributed by atoms with Crippen LogP contribution in [-0.2, 0) is 6.54 Å². The van der Waals surface area contributed by atoms with E-state index in [0.29, 0.717) is 5.69 Å². The average Bonchev–Trinajstić information content (AvgIpc) is 2.81. The molecule has 0 saturated carbocycles. The van der Waals surface area contributed by atoms with Gasteiger partial charge in [-0.15, -0.1) is 5.10 Å². The molecule has 0 unspecified atom stereocenters. The number of nitrogens with zero attached hydrogens (tertiary/aromatic N) is 5. The third kappa shape index (κ3) is 2.02. The smallest absolute Gasteiger partial charge is 0.280 e. The van der Waals surface area contributed by atoms with Gasteiger partial charge in [0.25, 0.3) is 0 Å². The molecule has 0 atom stereocenters. The van der Waals surface area contributed by atoms with Crippen LogP contribution in [0.25, 0.3) is 11.3 Å². The number of hydrogen-bond donors (Lipinski definition) is 0. The van der Waals surface area contributed by atoms with Crippen LogP contribution in [-0.4, -0.2) is 18.7 Å². The van der Waals surface area contributed by atoms with Crippen LogP contribution in [0.2, 0.25) is 0 Å². The summed E-state index contributed by atoms with van der Waals surface area (Å²) in [6.45, 7) is 3.77. The lowest BCUT2D eigenvalue weighted by Crippen LogP contribution is -2.24. The normalized spacial score (nSPS) is 10.8. The van der Waals surface area contributed by atoms with E-state index in [4.69, 9.17) is 5.26 Å². The van der Waals surface area contributed by atoms with Gasteiger partial charge in [-0.3, -0.25) is 9.36 Å². The fourth-order valence-electron chi connectivity index (χ4n) is 2.26. The summed E-state index contributed by atoms with van der Waals surface area (Å²) in [6.07, 6.45) is 3.01. The Labute approximate surface area is 125 Å². The van der Waals surface area contributed by atoms with E-state index in [1.807, 2.05) is 38.1 Å². The van der Waals surface area contributed by atoms with Crippen molar-refractivity contribution in [2.45, 2.75) is 20.4 Å². The van der Waals surface area contributed by atoms with Crippen LogP contribution in [0.5, 0.6) is 0 Å². The van der Waals surface area contributed by atoms with E-state index in [1.165, 1.54) is 17.0 Å². The number of aromatic nitrogens is 4. The molecule has 0 spiro atoms. The molecule has 110 valence electrons. The van der Waals surface area contributed by atoms with Gasteiger partial charge in [-0.2, -0.15) is 9.94 Å². The second-order valence-corrected chi connectivity index (χ2v) is 5.03. The molecule has 0 fully saturated rings. The molecule has 2 aromatic heterocycles. The molecule has 0 aliphatic carbocycles. The molecule has 0 aliphatic heterocycles. The van der Waals surface area contributed by atoms with Crippen molar-refractivity contribution in [1.82, 2.24) is 18.7 Å². The van der Waals surface area contributed by atoms with Crippen LogP contribution in [0.4, 0.5) is 0 Å². The third-order valence-electron chi connectivity index (χ3n) is 3.63. The van der Waals surface area contributed by atoms with E-state index in [2.05, 4.69) is 5.10 Å². The van der Waals surface area contributed by atoms with Gasteiger partial charge in [-0.25, -0.2) is 9.20 Å². The number of rotatable bonds is 2. The minimum atomic E-state index is -0.499. The van der Waals surface area contributed by atoms with Crippen LogP contribution >= 0.6 is 0 Å². The zero-order valence-electron chi connectivity index (χ0n) is 12.1. The van der Waals surface area contributed by atoms with Gasteiger partial charge in [0, 0.05) is 18.1 Å².